The van der Waals surface area contributed by atoms with Crippen LogP contribution in [-0.2, 0) is 9.53 Å². The van der Waals surface area contributed by atoms with Crippen LogP contribution in [0.15, 0.2) is 30.3 Å². The van der Waals surface area contributed by atoms with Crippen molar-refractivity contribution >= 4 is 6.29 Å². The highest BCUT2D eigenvalue weighted by molar-refractivity contribution is 5.62. The summed E-state index contributed by atoms with van der Waals surface area (Å²) < 4.78 is 5.09. The molecule has 0 aliphatic rings. The zero-order valence-corrected chi connectivity index (χ0v) is 6.94. The number of carbonyl (C=O) groups is 1. The standard InChI is InChI=1S/C10H11O2/c1-12-10(7-8-11)9-5-3-2-4-6-9/h2-8,10H,1H3. The molecule has 0 aromatic heterocycles. The van der Waals surface area contributed by atoms with Crippen molar-refractivity contribution in [2.45, 2.75) is 6.10 Å². The maximum Gasteiger partial charge on any atom is 0.126 e. The topological polar surface area (TPSA) is 26.3 Å². The number of carbonyl (C=O) groups excluding carboxylic acids is 1. The fourth-order valence-corrected chi connectivity index (χ4v) is 1.04. The number of benzene rings is 1. The van der Waals surface area contributed by atoms with Crippen molar-refractivity contribution in [2.75, 3.05) is 7.11 Å². The van der Waals surface area contributed by atoms with Gasteiger partial charge in [-0.15, -0.1) is 0 Å². The van der Waals surface area contributed by atoms with Crippen molar-refractivity contribution in [3.63, 3.8) is 0 Å². The van der Waals surface area contributed by atoms with E-state index in [4.69, 9.17) is 4.74 Å². The van der Waals surface area contributed by atoms with Gasteiger partial charge in [0, 0.05) is 7.11 Å². The highest BCUT2D eigenvalue weighted by atomic mass is 16.5. The van der Waals surface area contributed by atoms with Gasteiger partial charge < -0.3 is 9.53 Å². The Bertz CT molecular complexity index is 231. The van der Waals surface area contributed by atoms with Crippen LogP contribution in [-0.4, -0.2) is 13.4 Å². The molecule has 0 fully saturated rings. The number of methoxy groups -OCH3 is 1. The van der Waals surface area contributed by atoms with Crippen LogP contribution in [0.2, 0.25) is 0 Å². The molecule has 0 heterocycles. The van der Waals surface area contributed by atoms with Crippen LogP contribution in [0, 0.1) is 6.42 Å². The van der Waals surface area contributed by atoms with Crippen molar-refractivity contribution in [1.82, 2.24) is 0 Å². The Morgan fingerprint density at radius 2 is 2.00 bits per heavy atom. The second-order valence-corrected chi connectivity index (χ2v) is 2.40. The third kappa shape index (κ3) is 2.17. The van der Waals surface area contributed by atoms with Gasteiger partial charge in [-0.25, -0.2) is 0 Å². The molecule has 1 aromatic rings. The van der Waals surface area contributed by atoms with E-state index in [1.165, 1.54) is 6.42 Å². The van der Waals surface area contributed by atoms with E-state index in [0.717, 1.165) is 11.8 Å². The third-order valence-corrected chi connectivity index (χ3v) is 1.64. The lowest BCUT2D eigenvalue weighted by Crippen LogP contribution is -2.02. The Kier molecular flexibility index (Phi) is 3.48. The number of aldehydes is 1. The van der Waals surface area contributed by atoms with E-state index >= 15 is 0 Å². The molecule has 1 radical (unpaired) electrons. The van der Waals surface area contributed by atoms with Crippen LogP contribution >= 0.6 is 0 Å². The number of ether oxygens (including phenoxy) is 1. The third-order valence-electron chi connectivity index (χ3n) is 1.64. The van der Waals surface area contributed by atoms with E-state index in [1.54, 1.807) is 7.11 Å². The minimum Gasteiger partial charge on any atom is -0.376 e. The summed E-state index contributed by atoms with van der Waals surface area (Å²) >= 11 is 0. The first-order chi connectivity index (χ1) is 5.88. The van der Waals surface area contributed by atoms with Gasteiger partial charge in [-0.2, -0.15) is 0 Å². The molecule has 63 valence electrons. The fraction of sp³-hybridized carbons (Fsp3) is 0.200. The van der Waals surface area contributed by atoms with Gasteiger partial charge in [-0.05, 0) is 5.56 Å². The monoisotopic (exact) mass is 163 g/mol. The number of rotatable bonds is 4. The molecule has 2 nitrogen and oxygen atoms in total. The molecule has 1 aromatic carbocycles. The van der Waals surface area contributed by atoms with E-state index in [0.29, 0.717) is 0 Å². The van der Waals surface area contributed by atoms with Crippen molar-refractivity contribution in [1.29, 1.82) is 0 Å². The fourth-order valence-electron chi connectivity index (χ4n) is 1.04. The van der Waals surface area contributed by atoms with E-state index in [1.807, 2.05) is 30.3 Å². The molecule has 0 N–H and O–H groups in total. The highest BCUT2D eigenvalue weighted by Crippen LogP contribution is 2.17. The van der Waals surface area contributed by atoms with Gasteiger partial charge in [0.2, 0.25) is 0 Å². The average molecular weight is 163 g/mol. The van der Waals surface area contributed by atoms with Gasteiger partial charge in [0.05, 0.1) is 12.5 Å². The van der Waals surface area contributed by atoms with E-state index in [9.17, 15) is 4.79 Å². The van der Waals surface area contributed by atoms with Crippen LogP contribution in [0.1, 0.15) is 11.7 Å². The molecule has 0 aliphatic carbocycles. The Labute approximate surface area is 72.2 Å². The zero-order valence-electron chi connectivity index (χ0n) is 6.94. The van der Waals surface area contributed by atoms with Crippen molar-refractivity contribution in [3.8, 4) is 0 Å². The molecule has 0 saturated carbocycles. The number of hydrogen-bond donors (Lipinski definition) is 0. The highest BCUT2D eigenvalue weighted by Gasteiger charge is 2.08. The number of hydrogen-bond acceptors (Lipinski definition) is 2. The molecule has 0 amide bonds. The second kappa shape index (κ2) is 4.67. The molecular weight excluding hydrogens is 152 g/mol. The molecule has 0 spiro atoms. The molecule has 1 atom stereocenters. The molecule has 2 heteroatoms. The predicted molar refractivity (Wildman–Crippen MR) is 46.6 cm³/mol. The molecule has 0 aliphatic heterocycles. The Morgan fingerprint density at radius 1 is 1.33 bits per heavy atom. The van der Waals surface area contributed by atoms with Gasteiger partial charge in [-0.3, -0.25) is 0 Å². The SMILES string of the molecule is COC([CH]C=O)c1ccccc1. The zero-order chi connectivity index (χ0) is 8.81. The van der Waals surface area contributed by atoms with Gasteiger partial charge in [-0.1, -0.05) is 30.3 Å². The lowest BCUT2D eigenvalue weighted by atomic mass is 10.1. The van der Waals surface area contributed by atoms with Crippen LogP contribution < -0.4 is 0 Å². The predicted octanol–water partition coefficient (Wildman–Crippen LogP) is 1.78. The average Bonchev–Trinajstić information content (AvgIpc) is 2.15. The molecule has 0 bridgehead atoms. The van der Waals surface area contributed by atoms with Crippen molar-refractivity contribution in [2.24, 2.45) is 0 Å². The summed E-state index contributed by atoms with van der Waals surface area (Å²) in [6.07, 6.45) is 2.01. The lowest BCUT2D eigenvalue weighted by Gasteiger charge is -2.11. The summed E-state index contributed by atoms with van der Waals surface area (Å²) in [5.74, 6) is 0. The van der Waals surface area contributed by atoms with E-state index < -0.39 is 0 Å². The second-order valence-electron chi connectivity index (χ2n) is 2.40. The van der Waals surface area contributed by atoms with E-state index in [-0.39, 0.29) is 6.10 Å². The van der Waals surface area contributed by atoms with Crippen molar-refractivity contribution in [3.05, 3.63) is 42.3 Å². The van der Waals surface area contributed by atoms with Crippen LogP contribution in [0.5, 0.6) is 0 Å². The Hall–Kier alpha value is -1.15. The summed E-state index contributed by atoms with van der Waals surface area (Å²) in [5, 5.41) is 0. The summed E-state index contributed by atoms with van der Waals surface area (Å²) in [6, 6.07) is 9.61. The normalized spacial score (nSPS) is 12.4. The minimum absolute atomic E-state index is 0.219. The first kappa shape index (κ1) is 8.94. The van der Waals surface area contributed by atoms with Crippen LogP contribution in [0.4, 0.5) is 0 Å². The molecule has 1 unspecified atom stereocenters. The Balaban J connectivity index is 2.72. The van der Waals surface area contributed by atoms with Gasteiger partial charge in [0.15, 0.2) is 0 Å². The van der Waals surface area contributed by atoms with Crippen molar-refractivity contribution < 1.29 is 9.53 Å². The maximum absolute atomic E-state index is 10.2. The smallest absolute Gasteiger partial charge is 0.126 e. The van der Waals surface area contributed by atoms with Crippen LogP contribution in [0.3, 0.4) is 0 Å². The van der Waals surface area contributed by atoms with E-state index in [2.05, 4.69) is 0 Å². The van der Waals surface area contributed by atoms with Gasteiger partial charge in [0.25, 0.3) is 0 Å². The summed E-state index contributed by atoms with van der Waals surface area (Å²) in [4.78, 5) is 10.2. The van der Waals surface area contributed by atoms with Gasteiger partial charge in [0.1, 0.15) is 6.29 Å². The Morgan fingerprint density at radius 3 is 2.50 bits per heavy atom. The molecular formula is C10H11O2. The summed E-state index contributed by atoms with van der Waals surface area (Å²) in [6.45, 7) is 0. The first-order valence-corrected chi connectivity index (χ1v) is 3.75. The summed E-state index contributed by atoms with van der Waals surface area (Å²) in [5.41, 5.74) is 0.993. The summed E-state index contributed by atoms with van der Waals surface area (Å²) in [7, 11) is 1.58. The molecule has 12 heavy (non-hydrogen) atoms. The maximum atomic E-state index is 10.2. The molecule has 1 rings (SSSR count). The molecule has 0 saturated heterocycles. The largest absolute Gasteiger partial charge is 0.376 e. The quantitative estimate of drug-likeness (QED) is 0.632. The van der Waals surface area contributed by atoms with Crippen LogP contribution in [0.25, 0.3) is 0 Å². The lowest BCUT2D eigenvalue weighted by molar-refractivity contribution is -0.106. The first-order valence-electron chi connectivity index (χ1n) is 3.75. The minimum atomic E-state index is -0.219. The van der Waals surface area contributed by atoms with Gasteiger partial charge >= 0.3 is 0 Å².